The number of nitrogens with zero attached hydrogens (tertiary/aromatic N) is 1. The summed E-state index contributed by atoms with van der Waals surface area (Å²) in [6, 6.07) is 12.4. The van der Waals surface area contributed by atoms with Crippen LogP contribution in [0.1, 0.15) is 17.5 Å². The fourth-order valence-corrected chi connectivity index (χ4v) is 2.40. The van der Waals surface area contributed by atoms with Crippen molar-refractivity contribution in [3.63, 3.8) is 0 Å². The van der Waals surface area contributed by atoms with Crippen LogP contribution >= 0.6 is 11.6 Å². The average Bonchev–Trinajstić information content (AvgIpc) is 2.49. The van der Waals surface area contributed by atoms with Gasteiger partial charge in [0, 0.05) is 17.1 Å². The lowest BCUT2D eigenvalue weighted by molar-refractivity contribution is -0.116. The average molecular weight is 299 g/mol. The zero-order valence-corrected chi connectivity index (χ0v) is 11.8. The maximum absolute atomic E-state index is 11.3. The molecule has 4 nitrogen and oxygen atoms in total. The summed E-state index contributed by atoms with van der Waals surface area (Å²) >= 11 is 5.86. The maximum atomic E-state index is 11.3. The van der Waals surface area contributed by atoms with Gasteiger partial charge in [-0.25, -0.2) is 0 Å². The normalized spacial score (nSPS) is 13.0. The second-order valence-electron chi connectivity index (χ2n) is 4.72. The molecule has 0 saturated carbocycles. The minimum Gasteiger partial charge on any atom is -0.456 e. The molecule has 1 amide bonds. The van der Waals surface area contributed by atoms with E-state index in [1.807, 2.05) is 12.1 Å². The number of hydrogen-bond acceptors (Lipinski definition) is 3. The Morgan fingerprint density at radius 1 is 1.19 bits per heavy atom. The summed E-state index contributed by atoms with van der Waals surface area (Å²) in [5.41, 5.74) is 2.23. The number of aryl methyl sites for hydroxylation is 1. The number of carbonyl (C=O) groups excluding carboxylic acids is 1. The Labute approximate surface area is 126 Å². The second kappa shape index (κ2) is 5.47. The molecule has 104 valence electrons. The van der Waals surface area contributed by atoms with E-state index < -0.39 is 0 Å². The minimum absolute atomic E-state index is 0.0284. The first-order valence-electron chi connectivity index (χ1n) is 6.46. The van der Waals surface area contributed by atoms with Crippen LogP contribution in [0.3, 0.4) is 0 Å². The summed E-state index contributed by atoms with van der Waals surface area (Å²) in [4.78, 5) is 11.3. The van der Waals surface area contributed by atoms with Crippen LogP contribution in [-0.2, 0) is 11.2 Å². The van der Waals surface area contributed by atoms with Crippen molar-refractivity contribution in [2.24, 2.45) is 0 Å². The van der Waals surface area contributed by atoms with Gasteiger partial charge in [0.05, 0.1) is 5.56 Å². The smallest absolute Gasteiger partial charge is 0.224 e. The highest BCUT2D eigenvalue weighted by molar-refractivity contribution is 6.30. The lowest BCUT2D eigenvalue weighted by Crippen LogP contribution is -2.18. The molecule has 0 bridgehead atoms. The van der Waals surface area contributed by atoms with Crippen LogP contribution in [0.15, 0.2) is 36.4 Å². The zero-order chi connectivity index (χ0) is 14.8. The summed E-state index contributed by atoms with van der Waals surface area (Å²) in [6.45, 7) is 0. The molecule has 0 aliphatic carbocycles. The van der Waals surface area contributed by atoms with Gasteiger partial charge in [-0.15, -0.1) is 0 Å². The van der Waals surface area contributed by atoms with Crippen molar-refractivity contribution in [1.82, 2.24) is 0 Å². The van der Waals surface area contributed by atoms with Crippen molar-refractivity contribution in [3.05, 3.63) is 52.5 Å². The highest BCUT2D eigenvalue weighted by Crippen LogP contribution is 2.31. The molecule has 0 aromatic heterocycles. The van der Waals surface area contributed by atoms with E-state index >= 15 is 0 Å². The number of carbonyl (C=O) groups is 1. The van der Waals surface area contributed by atoms with E-state index in [0.717, 1.165) is 11.3 Å². The first-order valence-corrected chi connectivity index (χ1v) is 6.84. The van der Waals surface area contributed by atoms with Gasteiger partial charge in [0.25, 0.3) is 0 Å². The number of amides is 1. The lowest BCUT2D eigenvalue weighted by Gasteiger charge is -2.17. The Kier molecular flexibility index (Phi) is 3.51. The molecule has 2 aromatic carbocycles. The molecule has 0 radical (unpaired) electrons. The fourth-order valence-electron chi connectivity index (χ4n) is 2.23. The quantitative estimate of drug-likeness (QED) is 0.915. The number of nitriles is 1. The van der Waals surface area contributed by atoms with E-state index in [0.29, 0.717) is 34.9 Å². The molecule has 0 atom stereocenters. The highest BCUT2D eigenvalue weighted by Gasteiger charge is 2.15. The molecule has 0 spiro atoms. The molecule has 2 aromatic rings. The number of anilines is 1. The highest BCUT2D eigenvalue weighted by atomic mass is 35.5. The first kappa shape index (κ1) is 13.5. The van der Waals surface area contributed by atoms with Crippen molar-refractivity contribution in [1.29, 1.82) is 5.26 Å². The molecular formula is C16H11ClN2O2. The van der Waals surface area contributed by atoms with Gasteiger partial charge in [0.1, 0.15) is 17.6 Å². The van der Waals surface area contributed by atoms with Gasteiger partial charge in [-0.1, -0.05) is 11.6 Å². The second-order valence-corrected chi connectivity index (χ2v) is 5.16. The molecule has 1 aliphatic heterocycles. The zero-order valence-electron chi connectivity index (χ0n) is 11.0. The third-order valence-corrected chi connectivity index (χ3v) is 3.50. The van der Waals surface area contributed by atoms with Crippen molar-refractivity contribution in [2.45, 2.75) is 12.8 Å². The lowest BCUT2D eigenvalue weighted by atomic mass is 10.0. The van der Waals surface area contributed by atoms with E-state index in [1.54, 1.807) is 24.3 Å². The molecule has 5 heteroatoms. The Hall–Kier alpha value is -2.51. The number of nitrogens with one attached hydrogen (secondary N) is 1. The van der Waals surface area contributed by atoms with E-state index in [9.17, 15) is 4.79 Å². The van der Waals surface area contributed by atoms with Crippen LogP contribution in [0.5, 0.6) is 11.5 Å². The Morgan fingerprint density at radius 3 is 2.86 bits per heavy atom. The van der Waals surface area contributed by atoms with Gasteiger partial charge in [-0.3, -0.25) is 4.79 Å². The molecule has 0 saturated heterocycles. The van der Waals surface area contributed by atoms with Gasteiger partial charge in [-0.2, -0.15) is 5.26 Å². The summed E-state index contributed by atoms with van der Waals surface area (Å²) in [7, 11) is 0. The summed E-state index contributed by atoms with van der Waals surface area (Å²) in [5.74, 6) is 1.12. The van der Waals surface area contributed by atoms with Crippen molar-refractivity contribution in [3.8, 4) is 17.6 Å². The number of hydrogen-bond donors (Lipinski definition) is 1. The fraction of sp³-hybridized carbons (Fsp3) is 0.125. The van der Waals surface area contributed by atoms with Gasteiger partial charge >= 0.3 is 0 Å². The molecular weight excluding hydrogens is 288 g/mol. The molecule has 0 fully saturated rings. The number of rotatable bonds is 2. The molecule has 3 rings (SSSR count). The van der Waals surface area contributed by atoms with E-state index in [1.165, 1.54) is 0 Å². The van der Waals surface area contributed by atoms with Crippen LogP contribution in [-0.4, -0.2) is 5.91 Å². The molecule has 1 heterocycles. The SMILES string of the molecule is N#Cc1cc(Cl)ccc1Oc1ccc2c(c1)CCC(=O)N2. The van der Waals surface area contributed by atoms with E-state index in [-0.39, 0.29) is 5.91 Å². The third kappa shape index (κ3) is 2.83. The van der Waals surface area contributed by atoms with Crippen LogP contribution in [0.2, 0.25) is 5.02 Å². The number of benzene rings is 2. The maximum Gasteiger partial charge on any atom is 0.224 e. The van der Waals surface area contributed by atoms with Gasteiger partial charge in [-0.05, 0) is 48.4 Å². The van der Waals surface area contributed by atoms with Gasteiger partial charge in [0.15, 0.2) is 0 Å². The van der Waals surface area contributed by atoms with Crippen molar-refractivity contribution >= 4 is 23.2 Å². The standard InChI is InChI=1S/C16H11ClN2O2/c17-12-2-5-15(11(7-12)9-18)21-13-3-4-14-10(8-13)1-6-16(20)19-14/h2-5,7-8H,1,6H2,(H,19,20). The summed E-state index contributed by atoms with van der Waals surface area (Å²) in [6.07, 6.45) is 1.16. The number of fused-ring (bicyclic) bond motifs is 1. The van der Waals surface area contributed by atoms with E-state index in [4.69, 9.17) is 21.6 Å². The predicted molar refractivity (Wildman–Crippen MR) is 79.6 cm³/mol. The minimum atomic E-state index is 0.0284. The topological polar surface area (TPSA) is 62.1 Å². The van der Waals surface area contributed by atoms with E-state index in [2.05, 4.69) is 11.4 Å². The third-order valence-electron chi connectivity index (χ3n) is 3.26. The van der Waals surface area contributed by atoms with Crippen LogP contribution in [0.4, 0.5) is 5.69 Å². The van der Waals surface area contributed by atoms with Crippen LogP contribution < -0.4 is 10.1 Å². The van der Waals surface area contributed by atoms with Crippen molar-refractivity contribution in [2.75, 3.05) is 5.32 Å². The van der Waals surface area contributed by atoms with Crippen LogP contribution in [0.25, 0.3) is 0 Å². The Balaban J connectivity index is 1.89. The monoisotopic (exact) mass is 298 g/mol. The van der Waals surface area contributed by atoms with Crippen molar-refractivity contribution < 1.29 is 9.53 Å². The number of halogens is 1. The molecule has 21 heavy (non-hydrogen) atoms. The summed E-state index contributed by atoms with van der Waals surface area (Å²) < 4.78 is 5.75. The summed E-state index contributed by atoms with van der Waals surface area (Å²) in [5, 5.41) is 12.4. The van der Waals surface area contributed by atoms with Crippen LogP contribution in [0, 0.1) is 11.3 Å². The van der Waals surface area contributed by atoms with Gasteiger partial charge < -0.3 is 10.1 Å². The number of ether oxygens (including phenoxy) is 1. The first-order chi connectivity index (χ1) is 10.2. The molecule has 0 unspecified atom stereocenters. The van der Waals surface area contributed by atoms with Gasteiger partial charge in [0.2, 0.25) is 5.91 Å². The molecule has 1 aliphatic rings. The Morgan fingerprint density at radius 2 is 2.05 bits per heavy atom. The largest absolute Gasteiger partial charge is 0.456 e. The Bertz CT molecular complexity index is 765. The molecule has 1 N–H and O–H groups in total. The predicted octanol–water partition coefficient (Wildman–Crippen LogP) is 3.89.